The Morgan fingerprint density at radius 3 is 2.33 bits per heavy atom. The maximum atomic E-state index is 13.8. The van der Waals surface area contributed by atoms with Gasteiger partial charge in [-0.1, -0.05) is 18.9 Å². The van der Waals surface area contributed by atoms with Gasteiger partial charge in [-0.25, -0.2) is 13.2 Å². The molecule has 0 heterocycles. The molecule has 2 N–H and O–H groups in total. The number of aryl methyl sites for hydroxylation is 1. The van der Waals surface area contributed by atoms with E-state index in [0.717, 1.165) is 31.2 Å². The first-order valence-electron chi connectivity index (χ1n) is 6.29. The van der Waals surface area contributed by atoms with Gasteiger partial charge in [0.25, 0.3) is 6.43 Å². The summed E-state index contributed by atoms with van der Waals surface area (Å²) in [6.45, 7) is 1.98. The van der Waals surface area contributed by atoms with Crippen LogP contribution < -0.4 is 5.73 Å². The zero-order chi connectivity index (χ0) is 13.3. The first kappa shape index (κ1) is 13.4. The molecule has 1 aliphatic rings. The van der Waals surface area contributed by atoms with Gasteiger partial charge >= 0.3 is 0 Å². The van der Waals surface area contributed by atoms with Gasteiger partial charge in [0.05, 0.1) is 5.56 Å². The quantitative estimate of drug-likeness (QED) is 0.874. The summed E-state index contributed by atoms with van der Waals surface area (Å²) in [5.41, 5.74) is 6.23. The van der Waals surface area contributed by atoms with Crippen LogP contribution in [0.3, 0.4) is 0 Å². The molecule has 1 aromatic carbocycles. The fraction of sp³-hybridized carbons (Fsp3) is 0.571. The van der Waals surface area contributed by atoms with E-state index in [1.54, 1.807) is 6.07 Å². The van der Waals surface area contributed by atoms with Gasteiger partial charge in [-0.3, -0.25) is 0 Å². The number of rotatable bonds is 3. The molecule has 2 rings (SSSR count). The summed E-state index contributed by atoms with van der Waals surface area (Å²) in [7, 11) is 0. The molecule has 0 spiro atoms. The molecule has 1 saturated carbocycles. The van der Waals surface area contributed by atoms with Crippen LogP contribution in [0.25, 0.3) is 0 Å². The van der Waals surface area contributed by atoms with E-state index in [1.807, 2.05) is 0 Å². The Morgan fingerprint density at radius 1 is 1.28 bits per heavy atom. The third-order valence-electron chi connectivity index (χ3n) is 4.12. The predicted octanol–water partition coefficient (Wildman–Crippen LogP) is 3.84. The highest BCUT2D eigenvalue weighted by atomic mass is 19.3. The fourth-order valence-corrected chi connectivity index (χ4v) is 3.00. The second kappa shape index (κ2) is 4.92. The molecule has 0 aromatic heterocycles. The van der Waals surface area contributed by atoms with Crippen molar-refractivity contribution >= 4 is 0 Å². The molecule has 0 saturated heterocycles. The highest BCUT2D eigenvalue weighted by molar-refractivity contribution is 5.38. The van der Waals surface area contributed by atoms with Crippen molar-refractivity contribution in [3.05, 3.63) is 34.6 Å². The first-order chi connectivity index (χ1) is 8.50. The van der Waals surface area contributed by atoms with E-state index >= 15 is 0 Å². The summed E-state index contributed by atoms with van der Waals surface area (Å²) in [5, 5.41) is 0. The van der Waals surface area contributed by atoms with Crippen molar-refractivity contribution in [1.82, 2.24) is 0 Å². The number of hydrogen-bond acceptors (Lipinski definition) is 1. The summed E-state index contributed by atoms with van der Waals surface area (Å²) < 4.78 is 39.2. The average molecular weight is 257 g/mol. The van der Waals surface area contributed by atoms with Gasteiger partial charge in [0.15, 0.2) is 0 Å². The lowest BCUT2D eigenvalue weighted by molar-refractivity contribution is 0.145. The van der Waals surface area contributed by atoms with Gasteiger partial charge in [-0.05, 0) is 37.0 Å². The summed E-state index contributed by atoms with van der Waals surface area (Å²) in [5.74, 6) is -0.806. The van der Waals surface area contributed by atoms with Crippen molar-refractivity contribution in [2.45, 2.75) is 44.4 Å². The molecule has 18 heavy (non-hydrogen) atoms. The van der Waals surface area contributed by atoms with Crippen LogP contribution in [0.5, 0.6) is 0 Å². The molecule has 100 valence electrons. The number of benzene rings is 1. The molecule has 4 heteroatoms. The van der Waals surface area contributed by atoms with E-state index in [1.165, 1.54) is 13.0 Å². The Morgan fingerprint density at radius 2 is 1.89 bits per heavy atom. The van der Waals surface area contributed by atoms with Crippen LogP contribution >= 0.6 is 0 Å². The number of halogens is 3. The van der Waals surface area contributed by atoms with Crippen LogP contribution in [0.1, 0.15) is 48.8 Å². The molecular formula is C14H18F3N. The van der Waals surface area contributed by atoms with Gasteiger partial charge in [0.2, 0.25) is 0 Å². The normalized spacial score (nSPS) is 18.6. The molecule has 0 radical (unpaired) electrons. The van der Waals surface area contributed by atoms with Gasteiger partial charge in [-0.15, -0.1) is 0 Å². The minimum atomic E-state index is -2.77. The van der Waals surface area contributed by atoms with Crippen molar-refractivity contribution < 1.29 is 13.2 Å². The molecular weight excluding hydrogens is 239 g/mol. The van der Waals surface area contributed by atoms with Gasteiger partial charge < -0.3 is 5.73 Å². The highest BCUT2D eigenvalue weighted by Gasteiger charge is 2.35. The maximum Gasteiger partial charge on any atom is 0.266 e. The van der Waals surface area contributed by atoms with E-state index < -0.39 is 17.8 Å². The zero-order valence-corrected chi connectivity index (χ0v) is 10.5. The molecule has 0 amide bonds. The summed E-state index contributed by atoms with van der Waals surface area (Å²) >= 11 is 0. The SMILES string of the molecule is Cc1cc(C2(CN)CCCC2)cc(F)c1C(F)F. The van der Waals surface area contributed by atoms with Crippen LogP contribution in [-0.2, 0) is 5.41 Å². The minimum absolute atomic E-state index is 0.216. The van der Waals surface area contributed by atoms with Gasteiger partial charge in [-0.2, -0.15) is 0 Å². The lowest BCUT2D eigenvalue weighted by Gasteiger charge is -2.28. The van der Waals surface area contributed by atoms with E-state index in [9.17, 15) is 13.2 Å². The number of alkyl halides is 2. The summed E-state index contributed by atoms with van der Waals surface area (Å²) in [6.07, 6.45) is 1.19. The van der Waals surface area contributed by atoms with Crippen LogP contribution in [0.4, 0.5) is 13.2 Å². The Kier molecular flexibility index (Phi) is 3.66. The predicted molar refractivity (Wildman–Crippen MR) is 65.3 cm³/mol. The summed E-state index contributed by atoms with van der Waals surface area (Å²) in [4.78, 5) is 0. The second-order valence-electron chi connectivity index (χ2n) is 5.18. The standard InChI is InChI=1S/C14H18F3N/c1-9-6-10(7-11(15)12(9)13(16)17)14(8-18)4-2-3-5-14/h6-7,13H,2-5,8,18H2,1H3. The first-order valence-corrected chi connectivity index (χ1v) is 6.29. The highest BCUT2D eigenvalue weighted by Crippen LogP contribution is 2.41. The second-order valence-corrected chi connectivity index (χ2v) is 5.18. The molecule has 0 atom stereocenters. The zero-order valence-electron chi connectivity index (χ0n) is 10.5. The van der Waals surface area contributed by atoms with Gasteiger partial charge in [0.1, 0.15) is 5.82 Å². The topological polar surface area (TPSA) is 26.0 Å². The molecule has 1 aliphatic carbocycles. The van der Waals surface area contributed by atoms with Crippen molar-refractivity contribution in [1.29, 1.82) is 0 Å². The largest absolute Gasteiger partial charge is 0.330 e. The Balaban J connectivity index is 2.47. The summed E-state index contributed by atoms with van der Waals surface area (Å²) in [6, 6.07) is 2.94. The van der Waals surface area contributed by atoms with E-state index in [2.05, 4.69) is 0 Å². The van der Waals surface area contributed by atoms with Crippen molar-refractivity contribution in [3.8, 4) is 0 Å². The van der Waals surface area contributed by atoms with Crippen molar-refractivity contribution in [3.63, 3.8) is 0 Å². The van der Waals surface area contributed by atoms with Gasteiger partial charge in [0, 0.05) is 12.0 Å². The minimum Gasteiger partial charge on any atom is -0.330 e. The number of hydrogen-bond donors (Lipinski definition) is 1. The van der Waals surface area contributed by atoms with Crippen LogP contribution in [0, 0.1) is 12.7 Å². The lowest BCUT2D eigenvalue weighted by Crippen LogP contribution is -2.32. The van der Waals surface area contributed by atoms with E-state index in [-0.39, 0.29) is 5.41 Å². The average Bonchev–Trinajstić information content (AvgIpc) is 2.77. The molecule has 1 fully saturated rings. The van der Waals surface area contributed by atoms with Crippen LogP contribution in [0.2, 0.25) is 0 Å². The monoisotopic (exact) mass is 257 g/mol. The molecule has 0 aliphatic heterocycles. The Bertz CT molecular complexity index is 414. The van der Waals surface area contributed by atoms with Crippen LogP contribution in [-0.4, -0.2) is 6.54 Å². The van der Waals surface area contributed by atoms with Crippen LogP contribution in [0.15, 0.2) is 12.1 Å². The number of nitrogens with two attached hydrogens (primary N) is 1. The Labute approximate surface area is 105 Å². The molecule has 1 aromatic rings. The Hall–Kier alpha value is -1.03. The van der Waals surface area contributed by atoms with E-state index in [4.69, 9.17) is 5.73 Å². The van der Waals surface area contributed by atoms with Crippen molar-refractivity contribution in [2.24, 2.45) is 5.73 Å². The van der Waals surface area contributed by atoms with E-state index in [0.29, 0.717) is 12.1 Å². The van der Waals surface area contributed by atoms with Crippen molar-refractivity contribution in [2.75, 3.05) is 6.54 Å². The molecule has 0 unspecified atom stereocenters. The third-order valence-corrected chi connectivity index (χ3v) is 4.12. The fourth-order valence-electron chi connectivity index (χ4n) is 3.00. The lowest BCUT2D eigenvalue weighted by atomic mass is 9.78. The maximum absolute atomic E-state index is 13.8. The molecule has 1 nitrogen and oxygen atoms in total. The smallest absolute Gasteiger partial charge is 0.266 e. The molecule has 0 bridgehead atoms. The third kappa shape index (κ3) is 2.14.